The molecule has 56 heavy (non-hydrogen) atoms. The standard InChI is InChI=1S/C52H36N4/c1-53-46(31-28-35-26-29-37(30-27-35)54-47-20-8-2-14-40(47)41-15-3-9-21-48(41)54)36-32-38(55-49-22-10-4-16-42(49)43-17-5-11-23-50(43)55)34-39(33-36)56-51-24-12-6-18-44(51)45-19-7-13-25-52(45)56/h2-27,29-34H,1,28H2/b46-31-. The Labute approximate surface area is 324 Å². The maximum absolute atomic E-state index is 4.68. The minimum atomic E-state index is 0.714. The van der Waals surface area contributed by atoms with Crippen molar-refractivity contribution in [3.8, 4) is 17.1 Å². The molecule has 0 radical (unpaired) electrons. The molecular formula is C52H36N4. The second-order valence-electron chi connectivity index (χ2n) is 14.5. The second kappa shape index (κ2) is 12.9. The zero-order valence-electron chi connectivity index (χ0n) is 30.7. The Morgan fingerprint density at radius 1 is 0.393 bits per heavy atom. The fraction of sp³-hybridized carbons (Fsp3) is 0.0192. The van der Waals surface area contributed by atoms with Gasteiger partial charge in [-0.15, -0.1) is 0 Å². The zero-order chi connectivity index (χ0) is 37.2. The van der Waals surface area contributed by atoms with E-state index in [2.05, 4.69) is 220 Å². The third kappa shape index (κ3) is 4.96. The van der Waals surface area contributed by atoms with Crippen molar-refractivity contribution in [2.45, 2.75) is 6.42 Å². The zero-order valence-corrected chi connectivity index (χ0v) is 30.7. The van der Waals surface area contributed by atoms with Crippen LogP contribution in [0.5, 0.6) is 0 Å². The van der Waals surface area contributed by atoms with Gasteiger partial charge in [-0.25, -0.2) is 0 Å². The van der Waals surface area contributed by atoms with E-state index in [9.17, 15) is 0 Å². The molecule has 4 nitrogen and oxygen atoms in total. The first-order valence-electron chi connectivity index (χ1n) is 19.1. The summed E-state index contributed by atoms with van der Waals surface area (Å²) < 4.78 is 7.14. The van der Waals surface area contributed by atoms with Crippen LogP contribution in [-0.2, 0) is 6.42 Å². The van der Waals surface area contributed by atoms with Crippen LogP contribution in [0.15, 0.2) is 199 Å². The monoisotopic (exact) mass is 716 g/mol. The van der Waals surface area contributed by atoms with Crippen molar-refractivity contribution in [1.29, 1.82) is 0 Å². The number of fused-ring (bicyclic) bond motifs is 9. The summed E-state index contributed by atoms with van der Waals surface area (Å²) in [6, 6.07) is 67.8. The highest BCUT2D eigenvalue weighted by molar-refractivity contribution is 6.11. The Bertz CT molecular complexity index is 3060. The van der Waals surface area contributed by atoms with E-state index in [1.807, 2.05) is 0 Å². The number of hydrogen-bond donors (Lipinski definition) is 0. The lowest BCUT2D eigenvalue weighted by molar-refractivity contribution is 1.13. The minimum Gasteiger partial charge on any atom is -0.309 e. The summed E-state index contributed by atoms with van der Waals surface area (Å²) in [5.41, 5.74) is 13.4. The highest BCUT2D eigenvalue weighted by Crippen LogP contribution is 2.37. The first kappa shape index (κ1) is 32.0. The van der Waals surface area contributed by atoms with Gasteiger partial charge in [0, 0.05) is 54.9 Å². The van der Waals surface area contributed by atoms with Crippen LogP contribution in [0.25, 0.3) is 88.2 Å². The molecule has 264 valence electrons. The van der Waals surface area contributed by atoms with E-state index in [0.29, 0.717) is 6.42 Å². The van der Waals surface area contributed by atoms with Gasteiger partial charge in [0.25, 0.3) is 0 Å². The number of hydrogen-bond acceptors (Lipinski definition) is 1. The topological polar surface area (TPSA) is 27.1 Å². The molecule has 0 bridgehead atoms. The van der Waals surface area contributed by atoms with E-state index in [-0.39, 0.29) is 0 Å². The number of aromatic nitrogens is 3. The number of aliphatic imine (C=N–C) groups is 1. The molecule has 11 rings (SSSR count). The summed E-state index contributed by atoms with van der Waals surface area (Å²) in [7, 11) is 0. The predicted octanol–water partition coefficient (Wildman–Crippen LogP) is 13.3. The van der Waals surface area contributed by atoms with Gasteiger partial charge in [0.05, 0.1) is 38.8 Å². The fourth-order valence-electron chi connectivity index (χ4n) is 8.87. The van der Waals surface area contributed by atoms with Gasteiger partial charge in [-0.1, -0.05) is 127 Å². The first-order chi connectivity index (χ1) is 27.7. The molecule has 11 aromatic rings. The van der Waals surface area contributed by atoms with Crippen LogP contribution in [-0.4, -0.2) is 20.4 Å². The van der Waals surface area contributed by atoms with Crippen LogP contribution < -0.4 is 0 Å². The van der Waals surface area contributed by atoms with E-state index in [4.69, 9.17) is 0 Å². The van der Waals surface area contributed by atoms with Gasteiger partial charge >= 0.3 is 0 Å². The first-order valence-corrected chi connectivity index (χ1v) is 19.1. The smallest absolute Gasteiger partial charge is 0.0659 e. The van der Waals surface area contributed by atoms with E-state index in [1.165, 1.54) is 71.0 Å². The summed E-state index contributed by atoms with van der Waals surface area (Å²) in [6.45, 7) is 4.10. The molecule has 3 heterocycles. The summed E-state index contributed by atoms with van der Waals surface area (Å²) in [5, 5.41) is 7.45. The van der Waals surface area contributed by atoms with Crippen molar-refractivity contribution in [2.75, 3.05) is 0 Å². The van der Waals surface area contributed by atoms with Crippen molar-refractivity contribution >= 4 is 77.8 Å². The van der Waals surface area contributed by atoms with E-state index < -0.39 is 0 Å². The summed E-state index contributed by atoms with van der Waals surface area (Å²) in [6.07, 6.45) is 2.93. The van der Waals surface area contributed by atoms with Crippen molar-refractivity contribution in [2.24, 2.45) is 4.99 Å². The second-order valence-corrected chi connectivity index (χ2v) is 14.5. The molecule has 0 N–H and O–H groups in total. The van der Waals surface area contributed by atoms with Crippen molar-refractivity contribution in [1.82, 2.24) is 13.7 Å². The summed E-state index contributed by atoms with van der Waals surface area (Å²) >= 11 is 0. The molecule has 0 saturated carbocycles. The Morgan fingerprint density at radius 2 is 0.714 bits per heavy atom. The van der Waals surface area contributed by atoms with Gasteiger partial charge in [-0.05, 0) is 85.4 Å². The number of allylic oxidation sites excluding steroid dienone is 1. The molecule has 0 spiro atoms. The maximum Gasteiger partial charge on any atom is 0.0659 e. The van der Waals surface area contributed by atoms with Crippen LogP contribution in [0, 0.1) is 0 Å². The molecule has 0 saturated heterocycles. The summed E-state index contributed by atoms with van der Waals surface area (Å²) in [5.74, 6) is 0. The van der Waals surface area contributed by atoms with Crippen LogP contribution in [0.3, 0.4) is 0 Å². The lowest BCUT2D eigenvalue weighted by atomic mass is 10.1. The molecular weight excluding hydrogens is 681 g/mol. The summed E-state index contributed by atoms with van der Waals surface area (Å²) in [4.78, 5) is 4.68. The van der Waals surface area contributed by atoms with Gasteiger partial charge < -0.3 is 13.7 Å². The lowest BCUT2D eigenvalue weighted by Crippen LogP contribution is -2.01. The number of nitrogens with zero attached hydrogens (tertiary/aromatic N) is 4. The minimum absolute atomic E-state index is 0.714. The highest BCUT2D eigenvalue weighted by atomic mass is 15.0. The van der Waals surface area contributed by atoms with Crippen LogP contribution >= 0.6 is 0 Å². The lowest BCUT2D eigenvalue weighted by Gasteiger charge is -2.16. The van der Waals surface area contributed by atoms with Crippen LogP contribution in [0.4, 0.5) is 0 Å². The molecule has 0 aliphatic rings. The molecule has 0 aliphatic carbocycles. The number of para-hydroxylation sites is 6. The maximum atomic E-state index is 4.68. The quantitative estimate of drug-likeness (QED) is 0.147. The Hall–Kier alpha value is -7.43. The third-order valence-electron chi connectivity index (χ3n) is 11.4. The molecule has 0 unspecified atom stereocenters. The van der Waals surface area contributed by atoms with E-state index in [0.717, 1.165) is 28.3 Å². The number of rotatable bonds is 7. The Balaban J connectivity index is 1.06. The molecule has 4 heteroatoms. The fourth-order valence-corrected chi connectivity index (χ4v) is 8.87. The third-order valence-corrected chi connectivity index (χ3v) is 11.4. The van der Waals surface area contributed by atoms with Gasteiger partial charge in [0.2, 0.25) is 0 Å². The highest BCUT2D eigenvalue weighted by Gasteiger charge is 2.18. The van der Waals surface area contributed by atoms with Gasteiger partial charge in [0.15, 0.2) is 0 Å². The Morgan fingerprint density at radius 3 is 1.05 bits per heavy atom. The molecule has 0 atom stereocenters. The SMILES string of the molecule is C=N/C(=C\Cc1ccc(-n2c3ccccc3c3ccccc32)cc1)c1cc(-n2c3ccccc3c3ccccc32)cc(-n2c3ccccc3c3ccccc32)c1. The molecule has 0 fully saturated rings. The molecule has 0 aliphatic heterocycles. The average Bonchev–Trinajstić information content (AvgIpc) is 3.90. The van der Waals surface area contributed by atoms with Crippen LogP contribution in [0.2, 0.25) is 0 Å². The predicted molar refractivity (Wildman–Crippen MR) is 237 cm³/mol. The normalized spacial score (nSPS) is 12.2. The van der Waals surface area contributed by atoms with E-state index in [1.54, 1.807) is 0 Å². The van der Waals surface area contributed by atoms with Crippen molar-refractivity contribution < 1.29 is 0 Å². The molecule has 3 aromatic heterocycles. The van der Waals surface area contributed by atoms with Gasteiger partial charge in [0.1, 0.15) is 0 Å². The van der Waals surface area contributed by atoms with Crippen molar-refractivity contribution in [3.05, 3.63) is 205 Å². The van der Waals surface area contributed by atoms with Gasteiger partial charge in [-0.3, -0.25) is 4.99 Å². The largest absolute Gasteiger partial charge is 0.309 e. The van der Waals surface area contributed by atoms with E-state index >= 15 is 0 Å². The molecule has 0 amide bonds. The van der Waals surface area contributed by atoms with Crippen LogP contribution in [0.1, 0.15) is 11.1 Å². The Kier molecular flexibility index (Phi) is 7.36. The van der Waals surface area contributed by atoms with Gasteiger partial charge in [-0.2, -0.15) is 0 Å². The molecule has 8 aromatic carbocycles. The average molecular weight is 717 g/mol. The van der Waals surface area contributed by atoms with Crippen molar-refractivity contribution in [3.63, 3.8) is 0 Å². The number of benzene rings is 8.